The van der Waals surface area contributed by atoms with Gasteiger partial charge in [-0.3, -0.25) is 9.59 Å². The number of hydrogen-bond donors (Lipinski definition) is 1. The van der Waals surface area contributed by atoms with Crippen molar-refractivity contribution in [3.63, 3.8) is 0 Å². The van der Waals surface area contributed by atoms with Crippen LogP contribution in [0.5, 0.6) is 0 Å². The fourth-order valence-corrected chi connectivity index (χ4v) is 2.37. The van der Waals surface area contributed by atoms with Crippen molar-refractivity contribution in [2.75, 3.05) is 14.2 Å². The standard InChI is InChI=1S/C12H18N2O2.C2H4O2/c1-8-7-11(15)14-12(13-8)9-3-5-10(16-2)6-4-9;1-4-2-3/h7,9-10H,3-6H2,1-2H3,(H,13,14,15);2H,1H3. The Kier molecular flexibility index (Phi) is 6.93. The summed E-state index contributed by atoms with van der Waals surface area (Å²) in [5, 5.41) is 0. The number of ether oxygens (including phenoxy) is 2. The monoisotopic (exact) mass is 282 g/mol. The number of methoxy groups -OCH3 is 2. The van der Waals surface area contributed by atoms with Crippen LogP contribution >= 0.6 is 0 Å². The van der Waals surface area contributed by atoms with Gasteiger partial charge in [-0.1, -0.05) is 0 Å². The first-order valence-electron chi connectivity index (χ1n) is 6.67. The van der Waals surface area contributed by atoms with E-state index in [-0.39, 0.29) is 5.56 Å². The van der Waals surface area contributed by atoms with Crippen LogP contribution in [0.1, 0.15) is 43.1 Å². The van der Waals surface area contributed by atoms with E-state index in [0.29, 0.717) is 18.5 Å². The molecule has 0 aromatic carbocycles. The van der Waals surface area contributed by atoms with Gasteiger partial charge < -0.3 is 14.5 Å². The van der Waals surface area contributed by atoms with Crippen molar-refractivity contribution in [2.24, 2.45) is 0 Å². The van der Waals surface area contributed by atoms with Gasteiger partial charge in [0.15, 0.2) is 0 Å². The first kappa shape index (κ1) is 16.4. The van der Waals surface area contributed by atoms with E-state index >= 15 is 0 Å². The lowest BCUT2D eigenvalue weighted by atomic mass is 9.87. The number of nitrogens with zero attached hydrogens (tertiary/aromatic N) is 1. The average Bonchev–Trinajstić information content (AvgIpc) is 2.46. The number of hydrogen-bond acceptors (Lipinski definition) is 5. The minimum atomic E-state index is -0.0450. The van der Waals surface area contributed by atoms with Crippen LogP contribution in [-0.4, -0.2) is 36.8 Å². The lowest BCUT2D eigenvalue weighted by Gasteiger charge is -2.26. The van der Waals surface area contributed by atoms with Gasteiger partial charge in [-0.2, -0.15) is 0 Å². The number of aromatic amines is 1. The molecule has 1 aliphatic carbocycles. The first-order chi connectivity index (χ1) is 9.60. The van der Waals surface area contributed by atoms with E-state index in [1.54, 1.807) is 7.11 Å². The van der Waals surface area contributed by atoms with Gasteiger partial charge in [0.25, 0.3) is 12.0 Å². The Morgan fingerprint density at radius 1 is 1.30 bits per heavy atom. The molecule has 1 aliphatic rings. The predicted octanol–water partition coefficient (Wildman–Crippen LogP) is 1.54. The maximum atomic E-state index is 11.4. The Morgan fingerprint density at radius 3 is 2.35 bits per heavy atom. The molecule has 1 aromatic rings. The van der Waals surface area contributed by atoms with Crippen LogP contribution in [0, 0.1) is 6.92 Å². The molecule has 0 saturated heterocycles. The molecule has 0 unspecified atom stereocenters. The van der Waals surface area contributed by atoms with E-state index in [0.717, 1.165) is 37.2 Å². The largest absolute Gasteiger partial charge is 0.471 e. The highest BCUT2D eigenvalue weighted by molar-refractivity contribution is 5.36. The topological polar surface area (TPSA) is 81.3 Å². The number of aryl methyl sites for hydroxylation is 1. The van der Waals surface area contributed by atoms with Crippen LogP contribution in [0.15, 0.2) is 10.9 Å². The zero-order valence-electron chi connectivity index (χ0n) is 12.2. The van der Waals surface area contributed by atoms with Crippen molar-refractivity contribution in [3.05, 3.63) is 27.9 Å². The smallest absolute Gasteiger partial charge is 0.292 e. The van der Waals surface area contributed by atoms with Crippen molar-refractivity contribution in [1.82, 2.24) is 9.97 Å². The molecule has 1 aromatic heterocycles. The van der Waals surface area contributed by atoms with Crippen LogP contribution in [0.25, 0.3) is 0 Å². The summed E-state index contributed by atoms with van der Waals surface area (Å²) in [4.78, 5) is 27.6. The minimum absolute atomic E-state index is 0.0450. The third-order valence-electron chi connectivity index (χ3n) is 3.38. The Balaban J connectivity index is 0.000000444. The SMILES string of the molecule is COC1CCC(c2nc(C)cc(=O)[nH]2)CC1.COC=O. The van der Waals surface area contributed by atoms with E-state index in [2.05, 4.69) is 14.7 Å². The number of rotatable bonds is 3. The summed E-state index contributed by atoms with van der Waals surface area (Å²) >= 11 is 0. The molecule has 0 radical (unpaired) electrons. The molecule has 1 saturated carbocycles. The first-order valence-corrected chi connectivity index (χ1v) is 6.67. The summed E-state index contributed by atoms with van der Waals surface area (Å²) in [6, 6.07) is 1.53. The molecule has 0 amide bonds. The number of H-pyrrole nitrogens is 1. The van der Waals surface area contributed by atoms with E-state index in [1.807, 2.05) is 6.92 Å². The van der Waals surface area contributed by atoms with Gasteiger partial charge in [0.1, 0.15) is 5.82 Å². The highest BCUT2D eigenvalue weighted by atomic mass is 16.5. The number of nitrogens with one attached hydrogen (secondary N) is 1. The maximum absolute atomic E-state index is 11.4. The van der Waals surface area contributed by atoms with E-state index in [4.69, 9.17) is 9.53 Å². The van der Waals surface area contributed by atoms with E-state index in [9.17, 15) is 4.79 Å². The normalized spacial score (nSPS) is 21.6. The third-order valence-corrected chi connectivity index (χ3v) is 3.38. The molecule has 0 bridgehead atoms. The molecular weight excluding hydrogens is 260 g/mol. The molecular formula is C14H22N2O4. The Morgan fingerprint density at radius 2 is 1.90 bits per heavy atom. The second-order valence-corrected chi connectivity index (χ2v) is 4.81. The zero-order chi connectivity index (χ0) is 15.0. The second-order valence-electron chi connectivity index (χ2n) is 4.81. The molecule has 1 N–H and O–H groups in total. The van der Waals surface area contributed by atoms with Crippen molar-refractivity contribution >= 4 is 6.47 Å². The highest BCUT2D eigenvalue weighted by Crippen LogP contribution is 2.31. The second kappa shape index (κ2) is 8.47. The molecule has 2 rings (SSSR count). The maximum Gasteiger partial charge on any atom is 0.292 e. The average molecular weight is 282 g/mol. The molecule has 1 fully saturated rings. The molecule has 112 valence electrons. The van der Waals surface area contributed by atoms with Crippen molar-refractivity contribution < 1.29 is 14.3 Å². The molecule has 0 spiro atoms. The quantitative estimate of drug-likeness (QED) is 0.850. The summed E-state index contributed by atoms with van der Waals surface area (Å²) in [5.41, 5.74) is 0.754. The van der Waals surface area contributed by atoms with Crippen molar-refractivity contribution in [1.29, 1.82) is 0 Å². The Bertz CT molecular complexity index is 464. The number of carbonyl (C=O) groups is 1. The molecule has 20 heavy (non-hydrogen) atoms. The fraction of sp³-hybridized carbons (Fsp3) is 0.643. The van der Waals surface area contributed by atoms with Gasteiger partial charge in [-0.25, -0.2) is 4.98 Å². The summed E-state index contributed by atoms with van der Waals surface area (Å²) < 4.78 is 9.19. The van der Waals surface area contributed by atoms with Gasteiger partial charge in [-0.05, 0) is 32.6 Å². The lowest BCUT2D eigenvalue weighted by Crippen LogP contribution is -2.22. The summed E-state index contributed by atoms with van der Waals surface area (Å²) in [5.74, 6) is 1.23. The van der Waals surface area contributed by atoms with Crippen LogP contribution in [-0.2, 0) is 14.3 Å². The van der Waals surface area contributed by atoms with Crippen LogP contribution < -0.4 is 5.56 Å². The number of carbonyl (C=O) groups excluding carboxylic acids is 1. The summed E-state index contributed by atoms with van der Waals surface area (Å²) in [6.07, 6.45) is 4.58. The third kappa shape index (κ3) is 5.13. The van der Waals surface area contributed by atoms with Crippen LogP contribution in [0.2, 0.25) is 0 Å². The van der Waals surface area contributed by atoms with E-state index < -0.39 is 0 Å². The van der Waals surface area contributed by atoms with Gasteiger partial charge in [0.05, 0.1) is 13.2 Å². The van der Waals surface area contributed by atoms with Gasteiger partial charge in [0.2, 0.25) is 0 Å². The molecule has 6 heteroatoms. The summed E-state index contributed by atoms with van der Waals surface area (Å²) in [7, 11) is 3.07. The zero-order valence-corrected chi connectivity index (χ0v) is 12.2. The van der Waals surface area contributed by atoms with Crippen LogP contribution in [0.4, 0.5) is 0 Å². The minimum Gasteiger partial charge on any atom is -0.471 e. The van der Waals surface area contributed by atoms with Gasteiger partial charge in [-0.15, -0.1) is 0 Å². The molecule has 0 atom stereocenters. The predicted molar refractivity (Wildman–Crippen MR) is 74.7 cm³/mol. The molecule has 6 nitrogen and oxygen atoms in total. The number of aromatic nitrogens is 2. The Labute approximate surface area is 118 Å². The van der Waals surface area contributed by atoms with Crippen LogP contribution in [0.3, 0.4) is 0 Å². The van der Waals surface area contributed by atoms with Gasteiger partial charge >= 0.3 is 0 Å². The molecule has 0 aliphatic heterocycles. The van der Waals surface area contributed by atoms with E-state index in [1.165, 1.54) is 13.2 Å². The molecule has 1 heterocycles. The summed E-state index contributed by atoms with van der Waals surface area (Å²) in [6.45, 7) is 2.24. The fourth-order valence-electron chi connectivity index (χ4n) is 2.37. The Hall–Kier alpha value is -1.69. The van der Waals surface area contributed by atoms with Gasteiger partial charge in [0, 0.05) is 24.8 Å². The van der Waals surface area contributed by atoms with Crippen molar-refractivity contribution in [2.45, 2.75) is 44.6 Å². The highest BCUT2D eigenvalue weighted by Gasteiger charge is 2.23. The lowest BCUT2D eigenvalue weighted by molar-refractivity contribution is -0.126. The van der Waals surface area contributed by atoms with Crippen molar-refractivity contribution in [3.8, 4) is 0 Å².